The molecule has 7 heteroatoms. The SMILES string of the molecule is O=C(Cc1ccsc1)N1CCCC(c2nccn2Cc2cscn2)C1. The summed E-state index contributed by atoms with van der Waals surface area (Å²) in [5.41, 5.74) is 4.03. The van der Waals surface area contributed by atoms with E-state index in [4.69, 9.17) is 0 Å². The first-order valence-corrected chi connectivity index (χ1v) is 10.3. The molecule has 1 aliphatic rings. The number of rotatable bonds is 5. The molecule has 130 valence electrons. The lowest BCUT2D eigenvalue weighted by molar-refractivity contribution is -0.131. The summed E-state index contributed by atoms with van der Waals surface area (Å²) in [5.74, 6) is 1.59. The van der Waals surface area contributed by atoms with Gasteiger partial charge in [0.05, 0.1) is 24.2 Å². The van der Waals surface area contributed by atoms with E-state index < -0.39 is 0 Å². The Labute approximate surface area is 155 Å². The minimum atomic E-state index is 0.223. The van der Waals surface area contributed by atoms with Gasteiger partial charge >= 0.3 is 0 Å². The van der Waals surface area contributed by atoms with Gasteiger partial charge in [0, 0.05) is 36.8 Å². The molecular formula is C18H20N4OS2. The lowest BCUT2D eigenvalue weighted by atomic mass is 9.96. The number of hydrogen-bond acceptors (Lipinski definition) is 5. The van der Waals surface area contributed by atoms with Crippen LogP contribution in [0.4, 0.5) is 0 Å². The van der Waals surface area contributed by atoms with Gasteiger partial charge in [0.25, 0.3) is 0 Å². The highest BCUT2D eigenvalue weighted by atomic mass is 32.1. The second-order valence-corrected chi connectivity index (χ2v) is 7.88. The van der Waals surface area contributed by atoms with Crippen molar-refractivity contribution in [3.63, 3.8) is 0 Å². The monoisotopic (exact) mass is 372 g/mol. The maximum absolute atomic E-state index is 12.6. The van der Waals surface area contributed by atoms with Crippen LogP contribution in [0.15, 0.2) is 40.1 Å². The predicted molar refractivity (Wildman–Crippen MR) is 100 cm³/mol. The summed E-state index contributed by atoms with van der Waals surface area (Å²) >= 11 is 3.25. The Morgan fingerprint density at radius 1 is 1.28 bits per heavy atom. The van der Waals surface area contributed by atoms with E-state index in [1.807, 2.05) is 34.3 Å². The van der Waals surface area contributed by atoms with Gasteiger partial charge in [0.2, 0.25) is 5.91 Å². The Morgan fingerprint density at radius 3 is 3.04 bits per heavy atom. The smallest absolute Gasteiger partial charge is 0.227 e. The molecule has 4 rings (SSSR count). The number of imidazole rings is 1. The molecule has 3 aromatic heterocycles. The van der Waals surface area contributed by atoms with Gasteiger partial charge in [-0.25, -0.2) is 9.97 Å². The van der Waals surface area contributed by atoms with Crippen LogP contribution >= 0.6 is 22.7 Å². The van der Waals surface area contributed by atoms with Gasteiger partial charge in [-0.3, -0.25) is 4.79 Å². The highest BCUT2D eigenvalue weighted by Crippen LogP contribution is 2.27. The van der Waals surface area contributed by atoms with Crippen LogP contribution in [0.2, 0.25) is 0 Å². The fraction of sp³-hybridized carbons (Fsp3) is 0.389. The molecule has 0 saturated carbocycles. The van der Waals surface area contributed by atoms with E-state index in [2.05, 4.69) is 25.3 Å². The number of amides is 1. The third-order valence-corrected chi connectivity index (χ3v) is 6.01. The Balaban J connectivity index is 1.44. The quantitative estimate of drug-likeness (QED) is 0.690. The highest BCUT2D eigenvalue weighted by molar-refractivity contribution is 7.08. The molecule has 0 aliphatic carbocycles. The van der Waals surface area contributed by atoms with Gasteiger partial charge in [-0.15, -0.1) is 11.3 Å². The molecule has 1 unspecified atom stereocenters. The molecule has 1 saturated heterocycles. The van der Waals surface area contributed by atoms with Crippen molar-refractivity contribution in [2.75, 3.05) is 13.1 Å². The van der Waals surface area contributed by atoms with Crippen molar-refractivity contribution in [3.8, 4) is 0 Å². The summed E-state index contributed by atoms with van der Waals surface area (Å²) in [6, 6.07) is 2.03. The van der Waals surface area contributed by atoms with Crippen LogP contribution in [-0.4, -0.2) is 38.4 Å². The van der Waals surface area contributed by atoms with Crippen molar-refractivity contribution < 1.29 is 4.79 Å². The van der Waals surface area contributed by atoms with Crippen molar-refractivity contribution in [1.82, 2.24) is 19.4 Å². The van der Waals surface area contributed by atoms with Crippen LogP contribution in [0.3, 0.4) is 0 Å². The van der Waals surface area contributed by atoms with E-state index in [1.54, 1.807) is 22.7 Å². The van der Waals surface area contributed by atoms with E-state index in [0.29, 0.717) is 12.3 Å². The van der Waals surface area contributed by atoms with Crippen LogP contribution in [0.1, 0.15) is 35.8 Å². The van der Waals surface area contributed by atoms with Crippen LogP contribution in [0, 0.1) is 0 Å². The fourth-order valence-corrected chi connectivity index (χ4v) is 4.62. The number of nitrogens with zero attached hydrogens (tertiary/aromatic N) is 4. The molecule has 0 N–H and O–H groups in total. The number of carbonyl (C=O) groups excluding carboxylic acids is 1. The van der Waals surface area contributed by atoms with Gasteiger partial charge in [-0.05, 0) is 35.2 Å². The number of aromatic nitrogens is 3. The minimum Gasteiger partial charge on any atom is -0.342 e. The minimum absolute atomic E-state index is 0.223. The molecule has 0 spiro atoms. The Morgan fingerprint density at radius 2 is 2.24 bits per heavy atom. The summed E-state index contributed by atoms with van der Waals surface area (Å²) < 4.78 is 2.17. The molecule has 0 radical (unpaired) electrons. The van der Waals surface area contributed by atoms with Crippen molar-refractivity contribution in [2.45, 2.75) is 31.7 Å². The molecule has 1 atom stereocenters. The lowest BCUT2D eigenvalue weighted by Gasteiger charge is -2.32. The van der Waals surface area contributed by atoms with Crippen LogP contribution < -0.4 is 0 Å². The van der Waals surface area contributed by atoms with E-state index >= 15 is 0 Å². The van der Waals surface area contributed by atoms with Crippen molar-refractivity contribution in [2.24, 2.45) is 0 Å². The summed E-state index contributed by atoms with van der Waals surface area (Å²) in [5, 5.41) is 6.15. The van der Waals surface area contributed by atoms with E-state index in [1.165, 1.54) is 0 Å². The first-order chi connectivity index (χ1) is 12.3. The Hall–Kier alpha value is -1.99. The number of likely N-dealkylation sites (tertiary alicyclic amines) is 1. The normalized spacial score (nSPS) is 17.8. The number of thiazole rings is 1. The van der Waals surface area contributed by atoms with Gasteiger partial charge in [0.15, 0.2) is 0 Å². The fourth-order valence-electron chi connectivity index (χ4n) is 3.40. The topological polar surface area (TPSA) is 51.0 Å². The first kappa shape index (κ1) is 16.5. The second-order valence-electron chi connectivity index (χ2n) is 6.38. The average molecular weight is 373 g/mol. The van der Waals surface area contributed by atoms with Gasteiger partial charge in [0.1, 0.15) is 5.82 Å². The zero-order valence-electron chi connectivity index (χ0n) is 13.9. The third-order valence-electron chi connectivity index (χ3n) is 4.64. The van der Waals surface area contributed by atoms with E-state index in [0.717, 1.165) is 49.6 Å². The molecule has 3 aromatic rings. The van der Waals surface area contributed by atoms with Crippen molar-refractivity contribution in [3.05, 3.63) is 57.2 Å². The van der Waals surface area contributed by atoms with Crippen molar-refractivity contribution >= 4 is 28.6 Å². The zero-order chi connectivity index (χ0) is 17.1. The highest BCUT2D eigenvalue weighted by Gasteiger charge is 2.27. The van der Waals surface area contributed by atoms with Gasteiger partial charge < -0.3 is 9.47 Å². The number of thiophene rings is 1. The summed E-state index contributed by atoms with van der Waals surface area (Å²) in [7, 11) is 0. The molecule has 1 fully saturated rings. The maximum Gasteiger partial charge on any atom is 0.227 e. The van der Waals surface area contributed by atoms with E-state index in [-0.39, 0.29) is 5.91 Å². The predicted octanol–water partition coefficient (Wildman–Crippen LogP) is 3.40. The molecule has 0 bridgehead atoms. The molecule has 1 amide bonds. The first-order valence-electron chi connectivity index (χ1n) is 8.46. The third kappa shape index (κ3) is 3.82. The molecule has 4 heterocycles. The molecule has 1 aliphatic heterocycles. The maximum atomic E-state index is 12.6. The number of piperidine rings is 1. The molecule has 0 aromatic carbocycles. The number of hydrogen-bond donors (Lipinski definition) is 0. The zero-order valence-corrected chi connectivity index (χ0v) is 15.5. The molecule has 5 nitrogen and oxygen atoms in total. The standard InChI is InChI=1S/C18H20N4OS2/c23-17(8-14-3-7-24-11-14)21-5-1-2-15(9-21)18-19-4-6-22(18)10-16-12-25-13-20-16/h3-4,6-7,11-13,15H,1-2,5,8-10H2. The second kappa shape index (κ2) is 7.49. The molecule has 25 heavy (non-hydrogen) atoms. The summed E-state index contributed by atoms with van der Waals surface area (Å²) in [6.45, 7) is 2.36. The lowest BCUT2D eigenvalue weighted by Crippen LogP contribution is -2.40. The van der Waals surface area contributed by atoms with Gasteiger partial charge in [-0.2, -0.15) is 11.3 Å². The van der Waals surface area contributed by atoms with Crippen molar-refractivity contribution in [1.29, 1.82) is 0 Å². The van der Waals surface area contributed by atoms with Crippen LogP contribution in [-0.2, 0) is 17.8 Å². The summed E-state index contributed by atoms with van der Waals surface area (Å²) in [4.78, 5) is 23.6. The molecular weight excluding hydrogens is 352 g/mol. The average Bonchev–Trinajstić information content (AvgIpc) is 3.38. The van der Waals surface area contributed by atoms with Crippen LogP contribution in [0.25, 0.3) is 0 Å². The number of carbonyl (C=O) groups is 1. The van der Waals surface area contributed by atoms with Gasteiger partial charge in [-0.1, -0.05) is 0 Å². The largest absolute Gasteiger partial charge is 0.342 e. The van der Waals surface area contributed by atoms with E-state index in [9.17, 15) is 4.79 Å². The summed E-state index contributed by atoms with van der Waals surface area (Å²) in [6.07, 6.45) is 6.48. The Bertz CT molecular complexity index is 810. The van der Waals surface area contributed by atoms with Crippen LogP contribution in [0.5, 0.6) is 0 Å². The Kier molecular flexibility index (Phi) is 4.94.